The molecule has 1 aliphatic rings. The van der Waals surface area contributed by atoms with Gasteiger partial charge in [0.1, 0.15) is 0 Å². The van der Waals surface area contributed by atoms with Crippen LogP contribution in [0.25, 0.3) is 0 Å². The number of carbonyl (C=O) groups is 1. The maximum atomic E-state index is 12.6. The first-order chi connectivity index (χ1) is 15.9. The molecule has 1 N–H and O–H groups in total. The molecular weight excluding hydrogens is 438 g/mol. The topological polar surface area (TPSA) is 78.9 Å². The van der Waals surface area contributed by atoms with Crippen molar-refractivity contribution >= 4 is 21.6 Å². The summed E-state index contributed by atoms with van der Waals surface area (Å²) in [5.41, 5.74) is 5.14. The Morgan fingerprint density at radius 1 is 1.03 bits per heavy atom. The second kappa shape index (κ2) is 9.74. The van der Waals surface area contributed by atoms with Gasteiger partial charge in [-0.15, -0.1) is 0 Å². The molecule has 7 nitrogen and oxygen atoms in total. The number of sulfonamides is 1. The second-order valence-corrected chi connectivity index (χ2v) is 9.86. The lowest BCUT2D eigenvalue weighted by atomic mass is 10.1. The Hall–Kier alpha value is -3.20. The maximum Gasteiger partial charge on any atom is 0.264 e. The van der Waals surface area contributed by atoms with Crippen molar-refractivity contribution in [2.45, 2.75) is 24.4 Å². The third kappa shape index (κ3) is 5.08. The summed E-state index contributed by atoms with van der Waals surface area (Å²) in [5.74, 6) is -0.343. The highest BCUT2D eigenvalue weighted by Crippen LogP contribution is 2.28. The van der Waals surface area contributed by atoms with Crippen LogP contribution in [0.15, 0.2) is 77.7 Å². The highest BCUT2D eigenvalue weighted by molar-refractivity contribution is 7.89. The second-order valence-electron chi connectivity index (χ2n) is 7.92. The van der Waals surface area contributed by atoms with E-state index in [0.29, 0.717) is 6.54 Å². The molecule has 0 fully saturated rings. The number of hydrogen-bond acceptors (Lipinski definition) is 5. The largest absolute Gasteiger partial charge is 0.367 e. The van der Waals surface area contributed by atoms with Gasteiger partial charge in [0.05, 0.1) is 12.0 Å². The summed E-state index contributed by atoms with van der Waals surface area (Å²) >= 11 is 0. The minimum atomic E-state index is -3.82. The first kappa shape index (κ1) is 23.0. The fourth-order valence-corrected chi connectivity index (χ4v) is 4.90. The number of nitrogens with one attached hydrogen (secondary N) is 1. The molecule has 4 rings (SSSR count). The molecule has 0 atom stereocenters. The predicted octanol–water partition coefficient (Wildman–Crippen LogP) is 3.36. The number of nitrogens with zero attached hydrogens (tertiary/aromatic N) is 2. The van der Waals surface area contributed by atoms with E-state index in [1.165, 1.54) is 49.2 Å². The van der Waals surface area contributed by atoms with Crippen molar-refractivity contribution < 1.29 is 18.0 Å². The van der Waals surface area contributed by atoms with Gasteiger partial charge < -0.3 is 10.2 Å². The average Bonchev–Trinajstić information content (AvgIpc) is 3.25. The van der Waals surface area contributed by atoms with Crippen LogP contribution in [-0.4, -0.2) is 39.5 Å². The zero-order valence-electron chi connectivity index (χ0n) is 18.7. The molecule has 0 saturated heterocycles. The number of hydrogen-bond donors (Lipinski definition) is 1. The molecule has 0 aliphatic carbocycles. The number of para-hydroxylation sites is 1. The summed E-state index contributed by atoms with van der Waals surface area (Å²) in [7, 11) is -1.25. The van der Waals surface area contributed by atoms with Crippen molar-refractivity contribution in [3.8, 4) is 0 Å². The van der Waals surface area contributed by atoms with E-state index in [1.807, 2.05) is 12.1 Å². The monoisotopic (exact) mass is 465 g/mol. The minimum Gasteiger partial charge on any atom is -0.367 e. The molecular formula is C25H27N3O4S. The van der Waals surface area contributed by atoms with Crippen LogP contribution in [0, 0.1) is 0 Å². The van der Waals surface area contributed by atoms with Crippen molar-refractivity contribution in [1.29, 1.82) is 0 Å². The van der Waals surface area contributed by atoms with Gasteiger partial charge in [-0.3, -0.25) is 9.63 Å². The van der Waals surface area contributed by atoms with Crippen LogP contribution in [0.1, 0.15) is 27.0 Å². The Balaban J connectivity index is 1.36. The van der Waals surface area contributed by atoms with Gasteiger partial charge in [-0.1, -0.05) is 53.0 Å². The zero-order valence-corrected chi connectivity index (χ0v) is 19.5. The third-order valence-corrected chi connectivity index (χ3v) is 7.50. The summed E-state index contributed by atoms with van der Waals surface area (Å²) in [5, 5.41) is 2.85. The number of fused-ring (bicyclic) bond motifs is 1. The highest BCUT2D eigenvalue weighted by atomic mass is 32.2. The van der Waals surface area contributed by atoms with Crippen LogP contribution in [0.2, 0.25) is 0 Å². The van der Waals surface area contributed by atoms with Gasteiger partial charge in [-0.25, -0.2) is 8.42 Å². The first-order valence-corrected chi connectivity index (χ1v) is 12.1. The van der Waals surface area contributed by atoms with Crippen molar-refractivity contribution in [1.82, 2.24) is 9.79 Å². The first-order valence-electron chi connectivity index (χ1n) is 10.7. The van der Waals surface area contributed by atoms with E-state index in [2.05, 4.69) is 46.6 Å². The lowest BCUT2D eigenvalue weighted by molar-refractivity contribution is -0.0258. The lowest BCUT2D eigenvalue weighted by Crippen LogP contribution is -2.27. The Morgan fingerprint density at radius 3 is 2.52 bits per heavy atom. The normalized spacial score (nSPS) is 13.2. The van der Waals surface area contributed by atoms with E-state index in [9.17, 15) is 13.2 Å². The molecule has 0 radical (unpaired) electrons. The molecule has 0 unspecified atom stereocenters. The molecule has 1 aliphatic heterocycles. The van der Waals surface area contributed by atoms with Crippen LogP contribution in [0.5, 0.6) is 0 Å². The summed E-state index contributed by atoms with van der Waals surface area (Å²) in [4.78, 5) is 19.8. The fourth-order valence-electron chi connectivity index (χ4n) is 3.88. The van der Waals surface area contributed by atoms with Gasteiger partial charge in [-0.2, -0.15) is 0 Å². The molecule has 8 heteroatoms. The molecule has 0 bridgehead atoms. The van der Waals surface area contributed by atoms with Gasteiger partial charge in [0, 0.05) is 37.9 Å². The van der Waals surface area contributed by atoms with E-state index in [-0.39, 0.29) is 16.4 Å². The quantitative estimate of drug-likeness (QED) is 0.516. The molecule has 1 heterocycles. The molecule has 0 spiro atoms. The lowest BCUT2D eigenvalue weighted by Gasteiger charge is -2.19. The molecule has 33 heavy (non-hydrogen) atoms. The van der Waals surface area contributed by atoms with E-state index in [1.54, 1.807) is 6.07 Å². The van der Waals surface area contributed by atoms with Gasteiger partial charge in [0.25, 0.3) is 15.9 Å². The van der Waals surface area contributed by atoms with Crippen LogP contribution in [0.3, 0.4) is 0 Å². The van der Waals surface area contributed by atoms with Crippen LogP contribution < -0.4 is 10.2 Å². The molecule has 3 aromatic carbocycles. The Bertz CT molecular complexity index is 1240. The zero-order chi connectivity index (χ0) is 23.4. The predicted molar refractivity (Wildman–Crippen MR) is 127 cm³/mol. The number of amides is 1. The molecule has 0 saturated carbocycles. The third-order valence-electron chi connectivity index (χ3n) is 5.82. The van der Waals surface area contributed by atoms with Crippen LogP contribution >= 0.6 is 0 Å². The summed E-state index contributed by atoms with van der Waals surface area (Å²) in [6, 6.07) is 22.6. The smallest absolute Gasteiger partial charge is 0.264 e. The Kier molecular flexibility index (Phi) is 6.78. The van der Waals surface area contributed by atoms with E-state index in [4.69, 9.17) is 4.84 Å². The van der Waals surface area contributed by atoms with Gasteiger partial charge in [-0.05, 0) is 47.4 Å². The number of rotatable bonds is 8. The van der Waals surface area contributed by atoms with Crippen molar-refractivity contribution in [2.24, 2.45) is 0 Å². The average molecular weight is 466 g/mol. The van der Waals surface area contributed by atoms with E-state index < -0.39 is 10.0 Å². The molecule has 172 valence electrons. The Labute approximate surface area is 194 Å². The highest BCUT2D eigenvalue weighted by Gasteiger charge is 2.22. The van der Waals surface area contributed by atoms with Crippen LogP contribution in [-0.2, 0) is 34.4 Å². The van der Waals surface area contributed by atoms with Gasteiger partial charge >= 0.3 is 0 Å². The summed E-state index contributed by atoms with van der Waals surface area (Å²) in [6.07, 6.45) is 1.07. The van der Waals surface area contributed by atoms with Crippen molar-refractivity contribution in [2.75, 3.05) is 25.6 Å². The van der Waals surface area contributed by atoms with Crippen LogP contribution in [0.4, 0.5) is 5.69 Å². The number of anilines is 1. The fraction of sp³-hybridized carbons (Fsp3) is 0.240. The Morgan fingerprint density at radius 2 is 1.76 bits per heavy atom. The molecule has 0 aromatic heterocycles. The SMILES string of the molecule is CON(C)S(=O)(=O)c1cccc(C(=O)NCc2ccc(CN3CCc4ccccc43)cc2)c1. The van der Waals surface area contributed by atoms with Crippen molar-refractivity contribution in [3.05, 3.63) is 95.1 Å². The van der Waals surface area contributed by atoms with E-state index >= 15 is 0 Å². The maximum absolute atomic E-state index is 12.6. The van der Waals surface area contributed by atoms with E-state index in [0.717, 1.165) is 29.5 Å². The number of benzene rings is 3. The van der Waals surface area contributed by atoms with Crippen molar-refractivity contribution in [3.63, 3.8) is 0 Å². The standard InChI is InChI=1S/C25H27N3O4S/c1-27(32-2)33(30,31)23-8-5-7-22(16-23)25(29)26-17-19-10-12-20(13-11-19)18-28-15-14-21-6-3-4-9-24(21)28/h3-13,16H,14-15,17-18H2,1-2H3,(H,26,29). The van der Waals surface area contributed by atoms with Gasteiger partial charge in [0.15, 0.2) is 0 Å². The van der Waals surface area contributed by atoms with Gasteiger partial charge in [0.2, 0.25) is 0 Å². The molecule has 3 aromatic rings. The number of hydroxylamine groups is 1. The number of carbonyl (C=O) groups excluding carboxylic acids is 1. The summed E-state index contributed by atoms with van der Waals surface area (Å²) in [6.45, 7) is 2.22. The summed E-state index contributed by atoms with van der Waals surface area (Å²) < 4.78 is 25.6. The molecule has 1 amide bonds. The minimum absolute atomic E-state index is 0.00709.